The summed E-state index contributed by atoms with van der Waals surface area (Å²) < 4.78 is 28.7. The first-order valence-corrected chi connectivity index (χ1v) is 14.7. The van der Waals surface area contributed by atoms with E-state index in [1.54, 1.807) is 30.3 Å². The van der Waals surface area contributed by atoms with Crippen molar-refractivity contribution >= 4 is 21.8 Å². The van der Waals surface area contributed by atoms with Gasteiger partial charge in [-0.05, 0) is 64.9 Å². The van der Waals surface area contributed by atoms with Gasteiger partial charge in [-0.25, -0.2) is 13.2 Å². The zero-order chi connectivity index (χ0) is 26.9. The van der Waals surface area contributed by atoms with Crippen LogP contribution in [-0.4, -0.2) is 25.4 Å². The number of allylic oxidation sites excluding steroid dienone is 2. The van der Waals surface area contributed by atoms with Crippen molar-refractivity contribution in [3.8, 4) is 0 Å². The predicted octanol–water partition coefficient (Wildman–Crippen LogP) is 7.70. The molecule has 0 spiro atoms. The van der Waals surface area contributed by atoms with Crippen LogP contribution in [-0.2, 0) is 10.0 Å². The number of carboxylic acid groups (broad SMARTS) is 1. The monoisotopic (exact) mass is 505 g/mol. The molecule has 1 atom stereocenters. The maximum Gasteiger partial charge on any atom is 0.425 e. The maximum atomic E-state index is 14.0. The fourth-order valence-electron chi connectivity index (χ4n) is 7.01. The lowest BCUT2D eigenvalue weighted by molar-refractivity contribution is -0.0707. The summed E-state index contributed by atoms with van der Waals surface area (Å²) in [4.78, 5) is 12.3. The van der Waals surface area contributed by atoms with Crippen molar-refractivity contribution in [2.24, 2.45) is 46.3 Å². The minimum Gasteiger partial charge on any atom is -0.464 e. The molecule has 198 valence electrons. The number of hydrogen-bond donors (Lipinski definition) is 1. The van der Waals surface area contributed by atoms with Crippen molar-refractivity contribution in [1.82, 2.24) is 0 Å². The Morgan fingerprint density at radius 2 is 1.40 bits per heavy atom. The van der Waals surface area contributed by atoms with E-state index in [9.17, 15) is 18.3 Å². The van der Waals surface area contributed by atoms with E-state index in [2.05, 4.69) is 75.3 Å². The van der Waals surface area contributed by atoms with Gasteiger partial charge in [-0.3, -0.25) is 0 Å². The second kappa shape index (κ2) is 10.7. The molecule has 0 aliphatic heterocycles. The van der Waals surface area contributed by atoms with Gasteiger partial charge in [-0.2, -0.15) is 4.31 Å². The Morgan fingerprint density at radius 1 is 0.914 bits per heavy atom. The first kappa shape index (κ1) is 29.4. The largest absolute Gasteiger partial charge is 0.464 e. The van der Waals surface area contributed by atoms with Crippen molar-refractivity contribution in [1.29, 1.82) is 0 Å². The number of rotatable bonds is 9. The molecule has 5 nitrogen and oxygen atoms in total. The molecule has 0 heterocycles. The fourth-order valence-corrected chi connectivity index (χ4v) is 8.86. The van der Waals surface area contributed by atoms with Gasteiger partial charge in [0.25, 0.3) is 0 Å². The lowest BCUT2D eigenvalue weighted by Crippen LogP contribution is -2.58. The minimum atomic E-state index is -4.18. The molecule has 1 aliphatic carbocycles. The Bertz CT molecular complexity index is 990. The molecule has 1 aliphatic rings. The van der Waals surface area contributed by atoms with Crippen LogP contribution in [0.15, 0.2) is 42.0 Å². The smallest absolute Gasteiger partial charge is 0.425 e. The van der Waals surface area contributed by atoms with E-state index in [0.29, 0.717) is 10.2 Å². The third-order valence-electron chi connectivity index (χ3n) is 8.91. The summed E-state index contributed by atoms with van der Waals surface area (Å²) in [5.41, 5.74) is 0.868. The van der Waals surface area contributed by atoms with E-state index in [4.69, 9.17) is 0 Å². The van der Waals surface area contributed by atoms with Gasteiger partial charge >= 0.3 is 6.09 Å². The quantitative estimate of drug-likeness (QED) is 0.349. The molecule has 0 aromatic heterocycles. The van der Waals surface area contributed by atoms with Gasteiger partial charge < -0.3 is 5.11 Å². The van der Waals surface area contributed by atoms with Crippen molar-refractivity contribution < 1.29 is 18.3 Å². The molecular weight excluding hydrogens is 458 g/mol. The average Bonchev–Trinajstić information content (AvgIpc) is 2.72. The highest BCUT2D eigenvalue weighted by atomic mass is 32.2. The Morgan fingerprint density at radius 3 is 1.77 bits per heavy atom. The number of nitrogens with zero attached hydrogens (tertiary/aromatic N) is 1. The molecule has 0 saturated carbocycles. The van der Waals surface area contributed by atoms with Crippen molar-refractivity contribution in [2.75, 3.05) is 10.1 Å². The first-order chi connectivity index (χ1) is 16.1. The van der Waals surface area contributed by atoms with Crippen LogP contribution in [0.5, 0.6) is 0 Å². The molecule has 1 amide bonds. The predicted molar refractivity (Wildman–Crippen MR) is 146 cm³/mol. The number of hydrogen-bond acceptors (Lipinski definition) is 3. The van der Waals surface area contributed by atoms with Crippen LogP contribution in [0.4, 0.5) is 10.5 Å². The molecule has 1 N–H and O–H groups in total. The summed E-state index contributed by atoms with van der Waals surface area (Å²) in [6, 6.07) is 8.16. The average molecular weight is 506 g/mol. The van der Waals surface area contributed by atoms with Crippen LogP contribution < -0.4 is 4.31 Å². The normalized spacial score (nSPS) is 20.1. The Labute approximate surface area is 214 Å². The Kier molecular flexibility index (Phi) is 8.96. The van der Waals surface area contributed by atoms with Gasteiger partial charge in [0.2, 0.25) is 10.0 Å². The molecule has 1 aromatic carbocycles. The number of amides is 1. The molecule has 0 bridgehead atoms. The molecule has 0 radical (unpaired) electrons. The summed E-state index contributed by atoms with van der Waals surface area (Å²) in [5.74, 6) is 0.721. The van der Waals surface area contributed by atoms with Crippen LogP contribution in [0.3, 0.4) is 0 Å². The number of carbonyl (C=O) groups is 1. The molecule has 35 heavy (non-hydrogen) atoms. The van der Waals surface area contributed by atoms with Gasteiger partial charge in [-0.15, -0.1) is 0 Å². The Balaban J connectivity index is 2.88. The van der Waals surface area contributed by atoms with E-state index < -0.39 is 16.1 Å². The summed E-state index contributed by atoms with van der Waals surface area (Å²) in [6.07, 6.45) is 1.76. The third-order valence-corrected chi connectivity index (χ3v) is 10.6. The number of benzene rings is 1. The van der Waals surface area contributed by atoms with E-state index in [1.807, 2.05) is 0 Å². The van der Waals surface area contributed by atoms with Crippen LogP contribution in [0.25, 0.3) is 0 Å². The highest BCUT2D eigenvalue weighted by Gasteiger charge is 2.59. The zero-order valence-corrected chi connectivity index (χ0v) is 24.2. The lowest BCUT2D eigenvalue weighted by Gasteiger charge is -2.61. The Hall–Kier alpha value is -1.82. The van der Waals surface area contributed by atoms with Gasteiger partial charge in [-0.1, -0.05) is 99.1 Å². The summed E-state index contributed by atoms with van der Waals surface area (Å²) in [7, 11) is -4.18. The molecule has 2 rings (SSSR count). The van der Waals surface area contributed by atoms with Crippen molar-refractivity contribution in [2.45, 2.75) is 75.7 Å². The SMILES string of the molecule is CC(C)C1=CC(C(C)C)(C(C)C)C(CS(=O)(=O)N(C(=O)O)c2ccccc2)C(C(C)C)(C(C)C)C1. The highest BCUT2D eigenvalue weighted by Crippen LogP contribution is 2.63. The van der Waals surface area contributed by atoms with Gasteiger partial charge in [0.1, 0.15) is 0 Å². The lowest BCUT2D eigenvalue weighted by atomic mass is 9.44. The number of anilines is 1. The molecule has 0 saturated heterocycles. The fraction of sp³-hybridized carbons (Fsp3) is 0.690. The summed E-state index contributed by atoms with van der Waals surface area (Å²) in [5, 5.41) is 10.0. The van der Waals surface area contributed by atoms with Crippen LogP contribution in [0, 0.1) is 46.3 Å². The molecular formula is C29H47NO4S. The van der Waals surface area contributed by atoms with Gasteiger partial charge in [0, 0.05) is 0 Å². The van der Waals surface area contributed by atoms with E-state index >= 15 is 0 Å². The van der Waals surface area contributed by atoms with Gasteiger partial charge in [0.15, 0.2) is 0 Å². The second-order valence-corrected chi connectivity index (χ2v) is 13.9. The van der Waals surface area contributed by atoms with Crippen LogP contribution >= 0.6 is 0 Å². The first-order valence-electron chi connectivity index (χ1n) is 13.1. The van der Waals surface area contributed by atoms with Crippen molar-refractivity contribution in [3.63, 3.8) is 0 Å². The van der Waals surface area contributed by atoms with E-state index in [1.165, 1.54) is 5.57 Å². The van der Waals surface area contributed by atoms with Gasteiger partial charge in [0.05, 0.1) is 11.4 Å². The van der Waals surface area contributed by atoms with Crippen molar-refractivity contribution in [3.05, 3.63) is 42.0 Å². The molecule has 0 fully saturated rings. The van der Waals surface area contributed by atoms with Crippen LogP contribution in [0.2, 0.25) is 0 Å². The highest BCUT2D eigenvalue weighted by molar-refractivity contribution is 7.93. The zero-order valence-electron chi connectivity index (χ0n) is 23.4. The minimum absolute atomic E-state index is 0.161. The third kappa shape index (κ3) is 5.19. The summed E-state index contributed by atoms with van der Waals surface area (Å²) >= 11 is 0. The standard InChI is InChI=1S/C29H47NO4S/c1-19(2)24-16-28(20(3)4,21(5)6)26(29(17-24,22(7)8)23(9)10)18-35(33,34)30(27(31)32)25-14-12-11-13-15-25/h11-16,19-23,26H,17-18H2,1-10H3,(H,31,32). The molecule has 1 unspecified atom stereocenters. The van der Waals surface area contributed by atoms with E-state index in [0.717, 1.165) is 6.42 Å². The molecule has 1 aromatic rings. The summed E-state index contributed by atoms with van der Waals surface area (Å²) in [6.45, 7) is 22.0. The topological polar surface area (TPSA) is 74.7 Å². The maximum absolute atomic E-state index is 14.0. The van der Waals surface area contributed by atoms with E-state index in [-0.39, 0.29) is 51.9 Å². The second-order valence-electron chi connectivity index (χ2n) is 12.0. The number of para-hydroxylation sites is 1. The van der Waals surface area contributed by atoms with Crippen LogP contribution in [0.1, 0.15) is 75.7 Å². The molecule has 6 heteroatoms. The number of sulfonamides is 1.